The Balaban J connectivity index is -0.000000563. The van der Waals surface area contributed by atoms with Crippen LogP contribution in [0, 0.1) is 0 Å². The molecule has 0 bridgehead atoms. The van der Waals surface area contributed by atoms with Crippen molar-refractivity contribution in [3.8, 4) is 0 Å². The molecule has 0 aromatic heterocycles. The topological polar surface area (TPSA) is 102 Å². The number of allylic oxidation sites excluding steroid dienone is 2. The number of Topliss-reactive ketones (excluding diaryl/α,β-unsaturated/α-hetero) is 1. The molecule has 0 saturated carbocycles. The van der Waals surface area contributed by atoms with E-state index in [0.29, 0.717) is 18.8 Å². The number of carbonyl (C=O) groups is 3. The molecule has 0 radical (unpaired) electrons. The molecule has 8 heteroatoms. The number of ether oxygens (including phenoxy) is 1. The number of hydrogen-bond donors (Lipinski definition) is 0. The first-order chi connectivity index (χ1) is 18.1. The van der Waals surface area contributed by atoms with Crippen LogP contribution in [0.2, 0.25) is 0 Å². The maximum absolute atomic E-state index is 10.4. The van der Waals surface area contributed by atoms with Crippen LogP contribution in [0.15, 0.2) is 12.2 Å². The van der Waals surface area contributed by atoms with Crippen LogP contribution in [-0.2, 0) is 26.7 Å². The van der Waals surface area contributed by atoms with Gasteiger partial charge in [-0.25, -0.2) is 0 Å². The average Bonchev–Trinajstić information content (AvgIpc) is 2.81. The first-order valence-corrected chi connectivity index (χ1v) is 15.6. The molecular formula is C30H57AlO7. The summed E-state index contributed by atoms with van der Waals surface area (Å²) in [7, 11) is 0. The molecule has 0 aromatic carbocycles. The largest absolute Gasteiger partial charge is 0.550 e. The van der Waals surface area contributed by atoms with Crippen LogP contribution in [0.4, 0.5) is 0 Å². The van der Waals surface area contributed by atoms with Gasteiger partial charge in [0.05, 0.1) is 6.61 Å². The van der Waals surface area contributed by atoms with Crippen LogP contribution < -0.4 is 5.11 Å². The van der Waals surface area contributed by atoms with Crippen molar-refractivity contribution in [3.05, 3.63) is 12.2 Å². The minimum atomic E-state index is -0.914. The summed E-state index contributed by atoms with van der Waals surface area (Å²) in [6.07, 6.45) is 21.4. The Hall–Kier alpha value is -1.20. The minimum absolute atomic E-state index is 0.103. The van der Waals surface area contributed by atoms with Crippen LogP contribution in [0.5, 0.6) is 0 Å². The second-order valence-electron chi connectivity index (χ2n) is 9.86. The number of carbonyl (C=O) groups excluding carboxylic acids is 3. The predicted octanol–water partition coefficient (Wildman–Crippen LogP) is 6.67. The molecule has 0 aliphatic heterocycles. The van der Waals surface area contributed by atoms with Gasteiger partial charge in [0.15, 0.2) is 0 Å². The first-order valence-electron chi connectivity index (χ1n) is 14.7. The van der Waals surface area contributed by atoms with E-state index in [1.54, 1.807) is 6.92 Å². The third-order valence-corrected chi connectivity index (χ3v) is 6.31. The fourth-order valence-electron chi connectivity index (χ4n) is 3.01. The molecule has 0 fully saturated rings. The second kappa shape index (κ2) is 33.8. The van der Waals surface area contributed by atoms with Crippen molar-refractivity contribution in [1.82, 2.24) is 0 Å². The molecule has 0 aliphatic carbocycles. The number of hydrogen-bond acceptors (Lipinski definition) is 7. The molecule has 0 saturated heterocycles. The molecular weight excluding hydrogens is 499 g/mol. The van der Waals surface area contributed by atoms with Crippen LogP contribution in [0.1, 0.15) is 145 Å². The Morgan fingerprint density at radius 1 is 0.737 bits per heavy atom. The van der Waals surface area contributed by atoms with Crippen molar-refractivity contribution in [1.29, 1.82) is 0 Å². The van der Waals surface area contributed by atoms with Crippen molar-refractivity contribution >= 4 is 33.6 Å². The zero-order valence-corrected chi connectivity index (χ0v) is 26.7. The summed E-state index contributed by atoms with van der Waals surface area (Å²) < 4.78 is 14.9. The van der Waals surface area contributed by atoms with Gasteiger partial charge in [0.25, 0.3) is 0 Å². The van der Waals surface area contributed by atoms with Crippen LogP contribution >= 0.6 is 0 Å². The minimum Gasteiger partial charge on any atom is -0.550 e. The van der Waals surface area contributed by atoms with Gasteiger partial charge in [0.2, 0.25) is 0 Å². The molecule has 0 unspecified atom stereocenters. The molecule has 0 spiro atoms. The molecule has 38 heavy (non-hydrogen) atoms. The SMILES string of the molecule is CC(C)[O][Al+][O]C(C)C.CCCCCCCC/C=C\CCCCCCCC(=O)[O-].CCOC(=O)CC(C)=O. The van der Waals surface area contributed by atoms with Crippen molar-refractivity contribution in [2.24, 2.45) is 0 Å². The molecule has 0 N–H and O–H groups in total. The van der Waals surface area contributed by atoms with Gasteiger partial charge < -0.3 is 14.6 Å². The standard InChI is InChI=1S/C18H34O2.C6H10O3.2C3H7O.Al/c1-2-3-4-5-6-7-8-9-10-11-12-13-14-15-16-17-18(19)20;1-3-9-6(8)4-5(2)7;2*1-3(2)4;/h9-10H,2-8,11-17H2,1H3,(H,19,20);3-4H2,1-2H3;2*3H,1-2H3;/q;;2*-1;+3/p-1/b10-9-;;;;. The maximum atomic E-state index is 10.4. The third kappa shape index (κ3) is 47.9. The summed E-state index contributed by atoms with van der Waals surface area (Å²) in [5.41, 5.74) is 0. The van der Waals surface area contributed by atoms with E-state index in [9.17, 15) is 19.5 Å². The van der Waals surface area contributed by atoms with E-state index in [0.717, 1.165) is 19.3 Å². The number of ketones is 1. The fraction of sp³-hybridized carbons (Fsp3) is 0.833. The normalized spacial score (nSPS) is 10.4. The summed E-state index contributed by atoms with van der Waals surface area (Å²) in [6, 6.07) is 0. The van der Waals surface area contributed by atoms with Gasteiger partial charge in [0, 0.05) is 5.97 Å². The Kier molecular flexibility index (Phi) is 36.8. The van der Waals surface area contributed by atoms with Gasteiger partial charge in [0.1, 0.15) is 12.2 Å². The van der Waals surface area contributed by atoms with E-state index in [1.807, 2.05) is 27.7 Å². The van der Waals surface area contributed by atoms with Crippen molar-refractivity contribution in [2.45, 2.75) is 157 Å². The molecule has 0 amide bonds. The summed E-state index contributed by atoms with van der Waals surface area (Å²) in [5, 5.41) is 10.2. The Morgan fingerprint density at radius 2 is 1.18 bits per heavy atom. The summed E-state index contributed by atoms with van der Waals surface area (Å²) in [4.78, 5) is 30.9. The summed E-state index contributed by atoms with van der Waals surface area (Å²) >= 11 is -0.245. The van der Waals surface area contributed by atoms with Gasteiger partial charge in [-0.2, -0.15) is 0 Å². The van der Waals surface area contributed by atoms with Crippen molar-refractivity contribution in [2.75, 3.05) is 6.61 Å². The van der Waals surface area contributed by atoms with E-state index in [4.69, 9.17) is 7.58 Å². The first kappa shape index (κ1) is 41.3. The van der Waals surface area contributed by atoms with Gasteiger partial charge in [-0.3, -0.25) is 9.59 Å². The number of rotatable bonds is 22. The van der Waals surface area contributed by atoms with Gasteiger partial charge >= 0.3 is 69.3 Å². The summed E-state index contributed by atoms with van der Waals surface area (Å²) in [5.74, 6) is -1.51. The summed E-state index contributed by atoms with van der Waals surface area (Å²) in [6.45, 7) is 13.7. The van der Waals surface area contributed by atoms with E-state index >= 15 is 0 Å². The van der Waals surface area contributed by atoms with Crippen molar-refractivity contribution in [3.63, 3.8) is 0 Å². The molecule has 0 heterocycles. The molecule has 0 atom stereocenters. The molecule has 0 aliphatic rings. The van der Waals surface area contributed by atoms with Gasteiger partial charge in [-0.15, -0.1) is 0 Å². The number of carboxylic acid groups (broad SMARTS) is 1. The monoisotopic (exact) mass is 556 g/mol. The van der Waals surface area contributed by atoms with Crippen LogP contribution in [0.25, 0.3) is 0 Å². The maximum Gasteiger partial charge on any atom is 0.313 e. The quantitative estimate of drug-likeness (QED) is 0.0482. The fourth-order valence-corrected chi connectivity index (χ4v) is 3.52. The predicted molar refractivity (Wildman–Crippen MR) is 155 cm³/mol. The number of aliphatic carboxylic acids is 1. The van der Waals surface area contributed by atoms with Crippen molar-refractivity contribution < 1.29 is 31.8 Å². The molecule has 0 rings (SSSR count). The number of esters is 1. The number of unbranched alkanes of at least 4 members (excludes halogenated alkanes) is 11. The average molecular weight is 557 g/mol. The third-order valence-electron chi connectivity index (χ3n) is 5.00. The van der Waals surface area contributed by atoms with E-state index in [2.05, 4.69) is 23.8 Å². The van der Waals surface area contributed by atoms with Gasteiger partial charge in [-0.05, 0) is 52.4 Å². The second-order valence-corrected chi connectivity index (χ2v) is 10.6. The molecule has 0 aromatic rings. The Bertz CT molecular complexity index is 555. The zero-order chi connectivity index (χ0) is 29.4. The van der Waals surface area contributed by atoms with E-state index in [1.165, 1.54) is 71.1 Å². The smallest absolute Gasteiger partial charge is 0.313 e. The Labute approximate surface area is 240 Å². The Morgan fingerprint density at radius 3 is 1.58 bits per heavy atom. The number of carboxylic acids is 1. The van der Waals surface area contributed by atoms with Crippen LogP contribution in [-0.4, -0.2) is 52.4 Å². The zero-order valence-electron chi connectivity index (χ0n) is 25.6. The molecule has 7 nitrogen and oxygen atoms in total. The molecule has 222 valence electrons. The van der Waals surface area contributed by atoms with Crippen LogP contribution in [0.3, 0.4) is 0 Å². The van der Waals surface area contributed by atoms with E-state index in [-0.39, 0.29) is 34.5 Å². The van der Waals surface area contributed by atoms with Gasteiger partial charge in [-0.1, -0.05) is 70.4 Å². The van der Waals surface area contributed by atoms with E-state index < -0.39 is 11.9 Å².